The fourth-order valence-electron chi connectivity index (χ4n) is 1.55. The standard InChI is InChI=1S/C10H14N6O/c11-8(9-14-15-10(12)16(9)13)5-6-1-3-7(17)4-2-6/h1-4,8,17H,5,11,13H2,(H2,12,15). The van der Waals surface area contributed by atoms with E-state index in [0.717, 1.165) is 5.56 Å². The molecule has 0 aliphatic carbocycles. The SMILES string of the molecule is Nc1nnc(C(N)Cc2ccc(O)cc2)n1N. The summed E-state index contributed by atoms with van der Waals surface area (Å²) in [5, 5.41) is 16.6. The number of benzene rings is 1. The van der Waals surface area contributed by atoms with Crippen molar-refractivity contribution in [1.29, 1.82) is 0 Å². The number of nitrogens with zero attached hydrogens (tertiary/aromatic N) is 3. The third kappa shape index (κ3) is 2.28. The molecule has 7 nitrogen and oxygen atoms in total. The van der Waals surface area contributed by atoms with E-state index < -0.39 is 6.04 Å². The minimum Gasteiger partial charge on any atom is -0.508 e. The van der Waals surface area contributed by atoms with Crippen molar-refractivity contribution >= 4 is 5.95 Å². The van der Waals surface area contributed by atoms with Gasteiger partial charge in [0.1, 0.15) is 5.75 Å². The molecule has 1 aromatic carbocycles. The maximum Gasteiger partial charge on any atom is 0.240 e. The maximum atomic E-state index is 9.16. The highest BCUT2D eigenvalue weighted by Crippen LogP contribution is 2.16. The molecule has 1 heterocycles. The van der Waals surface area contributed by atoms with Crippen LogP contribution < -0.4 is 17.3 Å². The third-order valence-electron chi connectivity index (χ3n) is 2.47. The van der Waals surface area contributed by atoms with Gasteiger partial charge < -0.3 is 22.4 Å². The highest BCUT2D eigenvalue weighted by atomic mass is 16.3. The minimum absolute atomic E-state index is 0.126. The molecule has 7 heteroatoms. The lowest BCUT2D eigenvalue weighted by molar-refractivity contribution is 0.475. The van der Waals surface area contributed by atoms with Gasteiger partial charge in [-0.05, 0) is 24.1 Å². The van der Waals surface area contributed by atoms with E-state index in [9.17, 15) is 0 Å². The number of phenols is 1. The van der Waals surface area contributed by atoms with Gasteiger partial charge in [-0.1, -0.05) is 12.1 Å². The fraction of sp³-hybridized carbons (Fsp3) is 0.200. The van der Waals surface area contributed by atoms with Crippen LogP contribution in [0.4, 0.5) is 5.95 Å². The molecule has 0 amide bonds. The Bertz CT molecular complexity index is 506. The summed E-state index contributed by atoms with van der Waals surface area (Å²) in [4.78, 5) is 0. The quantitative estimate of drug-likeness (QED) is 0.531. The molecular weight excluding hydrogens is 220 g/mol. The van der Waals surface area contributed by atoms with Crippen LogP contribution in [0.5, 0.6) is 5.75 Å². The summed E-state index contributed by atoms with van der Waals surface area (Å²) in [6.07, 6.45) is 0.537. The molecule has 7 N–H and O–H groups in total. The fourth-order valence-corrected chi connectivity index (χ4v) is 1.55. The molecule has 0 saturated carbocycles. The van der Waals surface area contributed by atoms with Crippen LogP contribution in [-0.2, 0) is 6.42 Å². The molecule has 2 aromatic rings. The van der Waals surface area contributed by atoms with Gasteiger partial charge in [-0.25, -0.2) is 4.68 Å². The van der Waals surface area contributed by atoms with Crippen molar-refractivity contribution in [3.05, 3.63) is 35.7 Å². The number of anilines is 1. The van der Waals surface area contributed by atoms with Crippen LogP contribution >= 0.6 is 0 Å². The first-order valence-electron chi connectivity index (χ1n) is 5.07. The number of hydrogen-bond acceptors (Lipinski definition) is 6. The molecular formula is C10H14N6O. The highest BCUT2D eigenvalue weighted by Gasteiger charge is 2.15. The van der Waals surface area contributed by atoms with Gasteiger partial charge >= 0.3 is 0 Å². The van der Waals surface area contributed by atoms with E-state index in [1.807, 2.05) is 0 Å². The monoisotopic (exact) mass is 234 g/mol. The van der Waals surface area contributed by atoms with Crippen molar-refractivity contribution < 1.29 is 5.11 Å². The largest absolute Gasteiger partial charge is 0.508 e. The Balaban J connectivity index is 2.14. The molecule has 0 spiro atoms. The number of phenolic OH excluding ortho intramolecular Hbond substituents is 1. The van der Waals surface area contributed by atoms with Crippen molar-refractivity contribution in [2.75, 3.05) is 11.6 Å². The molecule has 0 fully saturated rings. The Kier molecular flexibility index (Phi) is 2.84. The van der Waals surface area contributed by atoms with Crippen LogP contribution in [0.15, 0.2) is 24.3 Å². The van der Waals surface area contributed by atoms with E-state index in [0.29, 0.717) is 12.2 Å². The molecule has 17 heavy (non-hydrogen) atoms. The predicted octanol–water partition coefficient (Wildman–Crippen LogP) is -0.478. The molecule has 90 valence electrons. The van der Waals surface area contributed by atoms with E-state index in [1.165, 1.54) is 4.68 Å². The van der Waals surface area contributed by atoms with Gasteiger partial charge in [0.05, 0.1) is 6.04 Å². The van der Waals surface area contributed by atoms with Gasteiger partial charge in [0.15, 0.2) is 5.82 Å². The summed E-state index contributed by atoms with van der Waals surface area (Å²) in [5.74, 6) is 6.40. The third-order valence-corrected chi connectivity index (χ3v) is 2.47. The van der Waals surface area contributed by atoms with E-state index in [2.05, 4.69) is 10.2 Å². The topological polar surface area (TPSA) is 129 Å². The molecule has 0 aliphatic heterocycles. The first kappa shape index (κ1) is 11.2. The molecule has 1 atom stereocenters. The van der Waals surface area contributed by atoms with Gasteiger partial charge in [-0.3, -0.25) is 0 Å². The smallest absolute Gasteiger partial charge is 0.240 e. The number of hydrogen-bond donors (Lipinski definition) is 4. The molecule has 0 bridgehead atoms. The number of aromatic hydroxyl groups is 1. The number of rotatable bonds is 3. The van der Waals surface area contributed by atoms with Crippen molar-refractivity contribution in [3.8, 4) is 5.75 Å². The van der Waals surface area contributed by atoms with Gasteiger partial charge in [0.2, 0.25) is 5.95 Å². The second kappa shape index (κ2) is 4.30. The van der Waals surface area contributed by atoms with Crippen LogP contribution in [0.2, 0.25) is 0 Å². The highest BCUT2D eigenvalue weighted by molar-refractivity contribution is 5.27. The Hall–Kier alpha value is -2.28. The van der Waals surface area contributed by atoms with E-state index in [4.69, 9.17) is 22.4 Å². The molecule has 0 radical (unpaired) electrons. The summed E-state index contributed by atoms with van der Waals surface area (Å²) in [7, 11) is 0. The molecule has 0 saturated heterocycles. The maximum absolute atomic E-state index is 9.16. The number of nitrogen functional groups attached to an aromatic ring is 2. The van der Waals surface area contributed by atoms with Crippen LogP contribution in [0.3, 0.4) is 0 Å². The van der Waals surface area contributed by atoms with Crippen LogP contribution in [0.25, 0.3) is 0 Å². The zero-order valence-corrected chi connectivity index (χ0v) is 9.11. The first-order valence-corrected chi connectivity index (χ1v) is 5.07. The van der Waals surface area contributed by atoms with E-state index in [-0.39, 0.29) is 11.7 Å². The molecule has 1 aromatic heterocycles. The van der Waals surface area contributed by atoms with E-state index in [1.54, 1.807) is 24.3 Å². The molecule has 0 aliphatic rings. The van der Waals surface area contributed by atoms with Gasteiger partial charge in [-0.15, -0.1) is 10.2 Å². The Morgan fingerprint density at radius 1 is 1.24 bits per heavy atom. The van der Waals surface area contributed by atoms with Crippen molar-refractivity contribution in [2.24, 2.45) is 5.73 Å². The van der Waals surface area contributed by atoms with E-state index >= 15 is 0 Å². The Labute approximate surface area is 97.8 Å². The number of nitrogens with two attached hydrogens (primary N) is 3. The normalized spacial score (nSPS) is 12.5. The predicted molar refractivity (Wildman–Crippen MR) is 63.3 cm³/mol. The van der Waals surface area contributed by atoms with Gasteiger partial charge in [-0.2, -0.15) is 0 Å². The summed E-state index contributed by atoms with van der Waals surface area (Å²) in [5.41, 5.74) is 12.4. The zero-order valence-electron chi connectivity index (χ0n) is 9.11. The summed E-state index contributed by atoms with van der Waals surface area (Å²) < 4.78 is 1.17. The second-order valence-electron chi connectivity index (χ2n) is 3.76. The van der Waals surface area contributed by atoms with Crippen molar-refractivity contribution in [1.82, 2.24) is 14.9 Å². The lowest BCUT2D eigenvalue weighted by Gasteiger charge is -2.10. The lowest BCUT2D eigenvalue weighted by Crippen LogP contribution is -2.23. The number of aromatic nitrogens is 3. The van der Waals surface area contributed by atoms with Crippen LogP contribution in [0.1, 0.15) is 17.4 Å². The average molecular weight is 234 g/mol. The molecule has 1 unspecified atom stereocenters. The summed E-state index contributed by atoms with van der Waals surface area (Å²) in [6.45, 7) is 0. The van der Waals surface area contributed by atoms with Gasteiger partial charge in [0, 0.05) is 0 Å². The molecule has 2 rings (SSSR count). The average Bonchev–Trinajstić information content (AvgIpc) is 2.63. The Morgan fingerprint density at radius 3 is 2.41 bits per heavy atom. The zero-order chi connectivity index (χ0) is 12.4. The van der Waals surface area contributed by atoms with Crippen molar-refractivity contribution in [2.45, 2.75) is 12.5 Å². The first-order chi connectivity index (χ1) is 8.08. The second-order valence-corrected chi connectivity index (χ2v) is 3.76. The summed E-state index contributed by atoms with van der Waals surface area (Å²) in [6, 6.07) is 6.38. The Morgan fingerprint density at radius 2 is 1.88 bits per heavy atom. The lowest BCUT2D eigenvalue weighted by atomic mass is 10.1. The van der Waals surface area contributed by atoms with Crippen molar-refractivity contribution in [3.63, 3.8) is 0 Å². The van der Waals surface area contributed by atoms with Gasteiger partial charge in [0.25, 0.3) is 0 Å². The minimum atomic E-state index is -0.394. The summed E-state index contributed by atoms with van der Waals surface area (Å²) >= 11 is 0. The van der Waals surface area contributed by atoms with Crippen LogP contribution in [-0.4, -0.2) is 20.0 Å². The van der Waals surface area contributed by atoms with Crippen LogP contribution in [0, 0.1) is 0 Å².